The SMILES string of the molecule is CC(C)n1cc(CN(C)C)c2c(F)cccc21. The number of fused-ring (bicyclic) bond motifs is 1. The first-order valence-corrected chi connectivity index (χ1v) is 5.93. The van der Waals surface area contributed by atoms with Gasteiger partial charge < -0.3 is 9.47 Å². The van der Waals surface area contributed by atoms with Gasteiger partial charge in [0.2, 0.25) is 0 Å². The maximum absolute atomic E-state index is 13.9. The lowest BCUT2D eigenvalue weighted by molar-refractivity contribution is 0.403. The molecule has 2 aromatic rings. The summed E-state index contributed by atoms with van der Waals surface area (Å²) in [7, 11) is 4.00. The summed E-state index contributed by atoms with van der Waals surface area (Å²) in [6.45, 7) is 4.99. The van der Waals surface area contributed by atoms with E-state index in [1.807, 2.05) is 20.2 Å². The summed E-state index contributed by atoms with van der Waals surface area (Å²) in [5.41, 5.74) is 2.04. The molecule has 0 amide bonds. The van der Waals surface area contributed by atoms with Crippen molar-refractivity contribution in [1.82, 2.24) is 9.47 Å². The molecule has 0 radical (unpaired) electrons. The lowest BCUT2D eigenvalue weighted by Gasteiger charge is -2.09. The van der Waals surface area contributed by atoms with Gasteiger partial charge in [0.15, 0.2) is 0 Å². The molecule has 2 nitrogen and oxygen atoms in total. The fourth-order valence-corrected chi connectivity index (χ4v) is 2.24. The van der Waals surface area contributed by atoms with E-state index in [2.05, 4.69) is 29.5 Å². The van der Waals surface area contributed by atoms with E-state index in [0.29, 0.717) is 6.04 Å². The highest BCUT2D eigenvalue weighted by atomic mass is 19.1. The minimum Gasteiger partial charge on any atom is -0.345 e. The smallest absolute Gasteiger partial charge is 0.132 e. The van der Waals surface area contributed by atoms with E-state index in [9.17, 15) is 4.39 Å². The highest BCUT2D eigenvalue weighted by Crippen LogP contribution is 2.27. The van der Waals surface area contributed by atoms with Gasteiger partial charge in [-0.3, -0.25) is 0 Å². The topological polar surface area (TPSA) is 8.17 Å². The summed E-state index contributed by atoms with van der Waals surface area (Å²) in [5.74, 6) is -0.126. The first-order valence-electron chi connectivity index (χ1n) is 5.93. The summed E-state index contributed by atoms with van der Waals surface area (Å²) in [5, 5.41) is 0.759. The molecule has 92 valence electrons. The van der Waals surface area contributed by atoms with Crippen LogP contribution in [0.15, 0.2) is 24.4 Å². The maximum atomic E-state index is 13.9. The first-order chi connectivity index (χ1) is 8.00. The Balaban J connectivity index is 2.67. The van der Waals surface area contributed by atoms with Crippen molar-refractivity contribution in [3.8, 4) is 0 Å². The van der Waals surface area contributed by atoms with E-state index >= 15 is 0 Å². The van der Waals surface area contributed by atoms with Crippen LogP contribution in [0.4, 0.5) is 4.39 Å². The molecule has 0 atom stereocenters. The molecule has 2 rings (SSSR count). The zero-order valence-corrected chi connectivity index (χ0v) is 10.9. The highest BCUT2D eigenvalue weighted by molar-refractivity contribution is 5.84. The van der Waals surface area contributed by atoms with Gasteiger partial charge >= 0.3 is 0 Å². The number of halogens is 1. The van der Waals surface area contributed by atoms with E-state index in [-0.39, 0.29) is 5.82 Å². The monoisotopic (exact) mass is 234 g/mol. The van der Waals surface area contributed by atoms with Crippen LogP contribution < -0.4 is 0 Å². The number of aromatic nitrogens is 1. The van der Waals surface area contributed by atoms with Crippen molar-refractivity contribution in [3.05, 3.63) is 35.8 Å². The minimum absolute atomic E-state index is 0.126. The second kappa shape index (κ2) is 4.49. The number of rotatable bonds is 3. The van der Waals surface area contributed by atoms with E-state index in [1.54, 1.807) is 6.07 Å². The molecule has 0 bridgehead atoms. The molecule has 1 heterocycles. The average Bonchev–Trinajstić information content (AvgIpc) is 2.57. The van der Waals surface area contributed by atoms with Crippen LogP contribution in [-0.2, 0) is 6.54 Å². The molecule has 0 aliphatic rings. The largest absolute Gasteiger partial charge is 0.345 e. The second-order valence-electron chi connectivity index (χ2n) is 5.03. The van der Waals surface area contributed by atoms with Crippen molar-refractivity contribution in [1.29, 1.82) is 0 Å². The molecule has 0 saturated heterocycles. The molecule has 17 heavy (non-hydrogen) atoms. The molecule has 0 spiro atoms. The summed E-state index contributed by atoms with van der Waals surface area (Å²) >= 11 is 0. The van der Waals surface area contributed by atoms with Crippen LogP contribution in [-0.4, -0.2) is 23.6 Å². The first kappa shape index (κ1) is 12.1. The van der Waals surface area contributed by atoms with E-state index in [0.717, 1.165) is 23.0 Å². The Morgan fingerprint density at radius 3 is 2.59 bits per heavy atom. The highest BCUT2D eigenvalue weighted by Gasteiger charge is 2.14. The molecule has 1 aromatic heterocycles. The van der Waals surface area contributed by atoms with Crippen molar-refractivity contribution in [2.24, 2.45) is 0 Å². The number of hydrogen-bond donors (Lipinski definition) is 0. The second-order valence-corrected chi connectivity index (χ2v) is 5.03. The predicted molar refractivity (Wildman–Crippen MR) is 69.7 cm³/mol. The standard InChI is InChI=1S/C14H19FN2/c1-10(2)17-9-11(8-16(3)4)14-12(15)6-5-7-13(14)17/h5-7,9-10H,8H2,1-4H3. The molecular weight excluding hydrogens is 215 g/mol. The van der Waals surface area contributed by atoms with Gasteiger partial charge in [0.05, 0.1) is 5.52 Å². The van der Waals surface area contributed by atoms with Gasteiger partial charge in [-0.2, -0.15) is 0 Å². The average molecular weight is 234 g/mol. The van der Waals surface area contributed by atoms with Crippen LogP contribution in [0.25, 0.3) is 10.9 Å². The van der Waals surface area contributed by atoms with Crippen molar-refractivity contribution in [3.63, 3.8) is 0 Å². The van der Waals surface area contributed by atoms with Crippen LogP contribution in [0.3, 0.4) is 0 Å². The maximum Gasteiger partial charge on any atom is 0.132 e. The van der Waals surface area contributed by atoms with Crippen LogP contribution >= 0.6 is 0 Å². The molecule has 3 heteroatoms. The third kappa shape index (κ3) is 2.20. The molecule has 0 fully saturated rings. The minimum atomic E-state index is -0.126. The third-order valence-electron chi connectivity index (χ3n) is 2.93. The van der Waals surface area contributed by atoms with E-state index in [4.69, 9.17) is 0 Å². The Morgan fingerprint density at radius 1 is 1.29 bits per heavy atom. The van der Waals surface area contributed by atoms with Crippen molar-refractivity contribution in [2.45, 2.75) is 26.4 Å². The summed E-state index contributed by atoms with van der Waals surface area (Å²) in [4.78, 5) is 2.06. The lowest BCUT2D eigenvalue weighted by atomic mass is 10.1. The van der Waals surface area contributed by atoms with Gasteiger partial charge in [-0.15, -0.1) is 0 Å². The van der Waals surface area contributed by atoms with Gasteiger partial charge in [0.1, 0.15) is 5.82 Å². The van der Waals surface area contributed by atoms with E-state index < -0.39 is 0 Å². The molecule has 0 saturated carbocycles. The van der Waals surface area contributed by atoms with Crippen molar-refractivity contribution in [2.75, 3.05) is 14.1 Å². The summed E-state index contributed by atoms with van der Waals surface area (Å²) in [6, 6.07) is 5.63. The number of hydrogen-bond acceptors (Lipinski definition) is 1. The molecule has 0 unspecified atom stereocenters. The Morgan fingerprint density at radius 2 is 2.00 bits per heavy atom. The fraction of sp³-hybridized carbons (Fsp3) is 0.429. The van der Waals surface area contributed by atoms with Crippen LogP contribution in [0.5, 0.6) is 0 Å². The van der Waals surface area contributed by atoms with Gasteiger partial charge in [0, 0.05) is 24.2 Å². The Kier molecular flexibility index (Phi) is 3.20. The molecule has 1 aromatic carbocycles. The fourth-order valence-electron chi connectivity index (χ4n) is 2.24. The zero-order valence-electron chi connectivity index (χ0n) is 10.9. The summed E-state index contributed by atoms with van der Waals surface area (Å²) in [6.07, 6.45) is 2.07. The number of nitrogens with zero attached hydrogens (tertiary/aromatic N) is 2. The molecule has 0 aliphatic heterocycles. The van der Waals surface area contributed by atoms with Crippen LogP contribution in [0, 0.1) is 5.82 Å². The quantitative estimate of drug-likeness (QED) is 0.790. The van der Waals surface area contributed by atoms with Gasteiger partial charge in [-0.25, -0.2) is 4.39 Å². The van der Waals surface area contributed by atoms with Gasteiger partial charge in [-0.1, -0.05) is 6.07 Å². The lowest BCUT2D eigenvalue weighted by Crippen LogP contribution is -2.10. The van der Waals surface area contributed by atoms with Crippen molar-refractivity contribution < 1.29 is 4.39 Å². The molecule has 0 aliphatic carbocycles. The van der Waals surface area contributed by atoms with Gasteiger partial charge in [0.25, 0.3) is 0 Å². The Labute approximate surface area is 102 Å². The van der Waals surface area contributed by atoms with Crippen LogP contribution in [0.1, 0.15) is 25.5 Å². The number of benzene rings is 1. The zero-order chi connectivity index (χ0) is 12.6. The molecule has 0 N–H and O–H groups in total. The Bertz CT molecular complexity index is 526. The van der Waals surface area contributed by atoms with E-state index in [1.165, 1.54) is 6.07 Å². The molecular formula is C14H19FN2. The normalized spacial score (nSPS) is 11.9. The Hall–Kier alpha value is -1.35. The predicted octanol–water partition coefficient (Wildman–Crippen LogP) is 3.42. The third-order valence-corrected chi connectivity index (χ3v) is 2.93. The summed E-state index contributed by atoms with van der Waals surface area (Å²) < 4.78 is 16.1. The van der Waals surface area contributed by atoms with Gasteiger partial charge in [-0.05, 0) is 45.6 Å². The van der Waals surface area contributed by atoms with Crippen molar-refractivity contribution >= 4 is 10.9 Å². The van der Waals surface area contributed by atoms with Crippen LogP contribution in [0.2, 0.25) is 0 Å².